The van der Waals surface area contributed by atoms with Crippen molar-refractivity contribution in [2.24, 2.45) is 5.92 Å². The lowest BCUT2D eigenvalue weighted by Gasteiger charge is -2.26. The first-order valence-electron chi connectivity index (χ1n) is 8.17. The Hall–Kier alpha value is -1.65. The van der Waals surface area contributed by atoms with Crippen LogP contribution in [0.2, 0.25) is 0 Å². The zero-order valence-corrected chi connectivity index (χ0v) is 12.6. The molecule has 1 aliphatic heterocycles. The van der Waals surface area contributed by atoms with Crippen molar-refractivity contribution in [1.29, 1.82) is 0 Å². The number of amides is 1. The monoisotopic (exact) mass is 288 g/mol. The molecule has 0 radical (unpaired) electrons. The van der Waals surface area contributed by atoms with Crippen LogP contribution < -0.4 is 10.2 Å². The van der Waals surface area contributed by atoms with Crippen molar-refractivity contribution in [3.8, 4) is 0 Å². The van der Waals surface area contributed by atoms with Gasteiger partial charge in [-0.25, -0.2) is 9.97 Å². The summed E-state index contributed by atoms with van der Waals surface area (Å²) in [4.78, 5) is 23.2. The fourth-order valence-electron chi connectivity index (χ4n) is 3.24. The summed E-state index contributed by atoms with van der Waals surface area (Å²) in [5.41, 5.74) is 0.900. The minimum atomic E-state index is 0.186. The van der Waals surface area contributed by atoms with Crippen molar-refractivity contribution in [1.82, 2.24) is 15.3 Å². The van der Waals surface area contributed by atoms with Gasteiger partial charge in [0.25, 0.3) is 0 Å². The van der Waals surface area contributed by atoms with Crippen LogP contribution in [-0.2, 0) is 11.3 Å². The van der Waals surface area contributed by atoms with Crippen molar-refractivity contribution in [2.45, 2.75) is 51.5 Å². The summed E-state index contributed by atoms with van der Waals surface area (Å²) in [6.45, 7) is 2.59. The molecule has 2 fully saturated rings. The van der Waals surface area contributed by atoms with Gasteiger partial charge in [-0.05, 0) is 38.2 Å². The first-order chi connectivity index (χ1) is 10.3. The van der Waals surface area contributed by atoms with Gasteiger partial charge in [-0.1, -0.05) is 12.8 Å². The van der Waals surface area contributed by atoms with Gasteiger partial charge >= 0.3 is 0 Å². The predicted octanol–water partition coefficient (Wildman–Crippen LogP) is 2.27. The van der Waals surface area contributed by atoms with Gasteiger partial charge in [0.05, 0.1) is 12.2 Å². The molecular weight excluding hydrogens is 264 g/mol. The molecule has 1 saturated carbocycles. The van der Waals surface area contributed by atoms with Crippen LogP contribution in [-0.4, -0.2) is 29.0 Å². The Balaban J connectivity index is 1.56. The van der Waals surface area contributed by atoms with Gasteiger partial charge in [0.2, 0.25) is 11.9 Å². The molecule has 1 amide bonds. The van der Waals surface area contributed by atoms with E-state index >= 15 is 0 Å². The lowest BCUT2D eigenvalue weighted by molar-refractivity contribution is -0.124. The Kier molecular flexibility index (Phi) is 4.68. The molecule has 0 atom stereocenters. The van der Waals surface area contributed by atoms with E-state index in [9.17, 15) is 4.79 Å². The lowest BCUT2D eigenvalue weighted by atomic mass is 10.1. The molecular formula is C16H24N4O. The number of piperidine rings is 1. The second kappa shape index (κ2) is 6.87. The van der Waals surface area contributed by atoms with Crippen LogP contribution in [0.25, 0.3) is 0 Å². The molecule has 1 saturated heterocycles. The van der Waals surface area contributed by atoms with Gasteiger partial charge in [0.1, 0.15) is 0 Å². The number of carbonyl (C=O) groups is 1. The predicted molar refractivity (Wildman–Crippen MR) is 81.9 cm³/mol. The number of anilines is 1. The number of nitrogens with zero attached hydrogens (tertiary/aromatic N) is 3. The Morgan fingerprint density at radius 1 is 1.19 bits per heavy atom. The summed E-state index contributed by atoms with van der Waals surface area (Å²) < 4.78 is 0. The molecule has 0 bridgehead atoms. The molecule has 5 nitrogen and oxygen atoms in total. The molecule has 0 spiro atoms. The molecule has 2 aliphatic rings. The van der Waals surface area contributed by atoms with Gasteiger partial charge in [-0.2, -0.15) is 0 Å². The summed E-state index contributed by atoms with van der Waals surface area (Å²) in [7, 11) is 0. The van der Waals surface area contributed by atoms with Crippen molar-refractivity contribution >= 4 is 11.9 Å². The largest absolute Gasteiger partial charge is 0.350 e. The second-order valence-electron chi connectivity index (χ2n) is 6.09. The van der Waals surface area contributed by atoms with Crippen LogP contribution in [0.5, 0.6) is 0 Å². The summed E-state index contributed by atoms with van der Waals surface area (Å²) >= 11 is 0. The standard InChI is InChI=1S/C16H24N4O/c21-15(13-6-2-3-7-13)18-12-14-8-9-17-16(19-14)20-10-4-1-5-11-20/h8-9,13H,1-7,10-12H2,(H,18,21). The van der Waals surface area contributed by atoms with E-state index in [0.717, 1.165) is 37.6 Å². The van der Waals surface area contributed by atoms with Gasteiger partial charge in [-0.3, -0.25) is 4.79 Å². The average Bonchev–Trinajstić information content (AvgIpc) is 3.08. The zero-order chi connectivity index (χ0) is 14.5. The Morgan fingerprint density at radius 2 is 1.95 bits per heavy atom. The minimum Gasteiger partial charge on any atom is -0.350 e. The number of rotatable bonds is 4. The highest BCUT2D eigenvalue weighted by Crippen LogP contribution is 2.24. The number of aromatic nitrogens is 2. The maximum atomic E-state index is 12.0. The van der Waals surface area contributed by atoms with Crippen molar-refractivity contribution in [2.75, 3.05) is 18.0 Å². The topological polar surface area (TPSA) is 58.1 Å². The Morgan fingerprint density at radius 3 is 2.71 bits per heavy atom. The molecule has 5 heteroatoms. The van der Waals surface area contributed by atoms with Gasteiger partial charge in [0.15, 0.2) is 0 Å². The highest BCUT2D eigenvalue weighted by Gasteiger charge is 2.22. The first kappa shape index (κ1) is 14.3. The molecule has 1 aromatic heterocycles. The Labute approximate surface area is 126 Å². The molecule has 0 aromatic carbocycles. The third-order valence-electron chi connectivity index (χ3n) is 4.51. The van der Waals surface area contributed by atoms with Crippen LogP contribution in [0.4, 0.5) is 5.95 Å². The Bertz CT molecular complexity index is 479. The summed E-state index contributed by atoms with van der Waals surface area (Å²) in [6.07, 6.45) is 9.97. The molecule has 114 valence electrons. The van der Waals surface area contributed by atoms with Gasteiger partial charge in [-0.15, -0.1) is 0 Å². The zero-order valence-electron chi connectivity index (χ0n) is 12.6. The lowest BCUT2D eigenvalue weighted by Crippen LogP contribution is -2.32. The number of nitrogens with one attached hydrogen (secondary N) is 1. The van der Waals surface area contributed by atoms with E-state index in [-0.39, 0.29) is 11.8 Å². The summed E-state index contributed by atoms with van der Waals surface area (Å²) in [5, 5.41) is 3.02. The van der Waals surface area contributed by atoms with E-state index in [1.54, 1.807) is 6.20 Å². The average molecular weight is 288 g/mol. The highest BCUT2D eigenvalue weighted by atomic mass is 16.1. The quantitative estimate of drug-likeness (QED) is 0.923. The maximum Gasteiger partial charge on any atom is 0.225 e. The molecule has 0 unspecified atom stereocenters. The maximum absolute atomic E-state index is 12.0. The van der Waals surface area contributed by atoms with Crippen LogP contribution in [0.1, 0.15) is 50.6 Å². The third-order valence-corrected chi connectivity index (χ3v) is 4.51. The second-order valence-corrected chi connectivity index (χ2v) is 6.09. The fourth-order valence-corrected chi connectivity index (χ4v) is 3.24. The molecule has 21 heavy (non-hydrogen) atoms. The normalized spacial score (nSPS) is 19.7. The smallest absolute Gasteiger partial charge is 0.225 e. The van der Waals surface area contributed by atoms with Crippen molar-refractivity contribution in [3.63, 3.8) is 0 Å². The summed E-state index contributed by atoms with van der Waals surface area (Å²) in [5.74, 6) is 1.21. The highest BCUT2D eigenvalue weighted by molar-refractivity contribution is 5.78. The number of hydrogen-bond acceptors (Lipinski definition) is 4. The van der Waals surface area contributed by atoms with E-state index in [0.29, 0.717) is 6.54 Å². The van der Waals surface area contributed by atoms with Crippen molar-refractivity contribution < 1.29 is 4.79 Å². The molecule has 3 rings (SSSR count). The first-order valence-corrected chi connectivity index (χ1v) is 8.17. The van der Waals surface area contributed by atoms with E-state index in [2.05, 4.69) is 20.2 Å². The van der Waals surface area contributed by atoms with Crippen LogP contribution in [0.15, 0.2) is 12.3 Å². The van der Waals surface area contributed by atoms with Crippen molar-refractivity contribution in [3.05, 3.63) is 18.0 Å². The third kappa shape index (κ3) is 3.71. The summed E-state index contributed by atoms with van der Waals surface area (Å²) in [6, 6.07) is 1.89. The van der Waals surface area contributed by atoms with Crippen LogP contribution in [0.3, 0.4) is 0 Å². The van der Waals surface area contributed by atoms with Crippen LogP contribution in [0, 0.1) is 5.92 Å². The van der Waals surface area contributed by atoms with Crippen LogP contribution >= 0.6 is 0 Å². The molecule has 2 heterocycles. The number of hydrogen-bond donors (Lipinski definition) is 1. The molecule has 1 N–H and O–H groups in total. The fraction of sp³-hybridized carbons (Fsp3) is 0.688. The van der Waals surface area contributed by atoms with Gasteiger partial charge in [0, 0.05) is 25.2 Å². The molecule has 1 aromatic rings. The minimum absolute atomic E-state index is 0.186. The number of carbonyl (C=O) groups excluding carboxylic acids is 1. The SMILES string of the molecule is O=C(NCc1ccnc(N2CCCCC2)n1)C1CCCC1. The van der Waals surface area contributed by atoms with E-state index in [4.69, 9.17) is 0 Å². The van der Waals surface area contributed by atoms with E-state index in [1.807, 2.05) is 6.07 Å². The molecule has 1 aliphatic carbocycles. The van der Waals surface area contributed by atoms with Gasteiger partial charge < -0.3 is 10.2 Å². The van der Waals surface area contributed by atoms with E-state index < -0.39 is 0 Å². The van der Waals surface area contributed by atoms with E-state index in [1.165, 1.54) is 32.1 Å².